The van der Waals surface area contributed by atoms with E-state index in [-0.39, 0.29) is 16.3 Å². The Hall–Kier alpha value is -3.92. The fourth-order valence-electron chi connectivity index (χ4n) is 5.23. The predicted molar refractivity (Wildman–Crippen MR) is 175 cm³/mol. The fraction of sp³-hybridized carbons (Fsp3) is 0.344. The highest BCUT2D eigenvalue weighted by molar-refractivity contribution is 7.99. The monoisotopic (exact) mass is 688 g/mol. The number of sulfonamides is 1. The molecule has 4 aromatic rings. The number of benzene rings is 3. The lowest BCUT2D eigenvalue weighted by Gasteiger charge is -2.31. The number of thioether (sulfide) groups is 1. The molecule has 250 valence electrons. The van der Waals surface area contributed by atoms with Crippen LogP contribution in [-0.2, 0) is 32.3 Å². The number of carbonyl (C=O) groups excluding carboxylic acids is 1. The molecule has 1 N–H and O–H groups in total. The Morgan fingerprint density at radius 2 is 1.70 bits per heavy atom. The minimum Gasteiger partial charge on any atom is -0.378 e. The molecule has 1 saturated heterocycles. The Labute approximate surface area is 276 Å². The van der Waals surface area contributed by atoms with Crippen LogP contribution in [0.15, 0.2) is 82.8 Å². The first-order chi connectivity index (χ1) is 22.5. The summed E-state index contributed by atoms with van der Waals surface area (Å²) in [5.74, 6) is -0.282. The molecule has 0 atom stereocenters. The van der Waals surface area contributed by atoms with Crippen molar-refractivity contribution in [3.8, 4) is 11.4 Å². The quantitative estimate of drug-likeness (QED) is 0.192. The zero-order valence-corrected chi connectivity index (χ0v) is 27.5. The second-order valence-electron chi connectivity index (χ2n) is 10.7. The van der Waals surface area contributed by atoms with Crippen LogP contribution in [0.5, 0.6) is 0 Å². The Kier molecular flexibility index (Phi) is 10.9. The summed E-state index contributed by atoms with van der Waals surface area (Å²) < 4.78 is 75.8. The highest BCUT2D eigenvalue weighted by Crippen LogP contribution is 2.36. The van der Waals surface area contributed by atoms with Gasteiger partial charge in [-0.2, -0.15) is 17.5 Å². The van der Waals surface area contributed by atoms with Gasteiger partial charge in [0.05, 0.1) is 47.3 Å². The summed E-state index contributed by atoms with van der Waals surface area (Å²) in [4.78, 5) is 15.2. The number of morpholine rings is 1. The minimum atomic E-state index is -4.58. The van der Waals surface area contributed by atoms with Gasteiger partial charge in [0.1, 0.15) is 0 Å². The number of hydrogen-bond donors (Lipinski definition) is 1. The number of rotatable bonds is 12. The van der Waals surface area contributed by atoms with Crippen LogP contribution in [0.4, 0.5) is 24.5 Å². The van der Waals surface area contributed by atoms with Crippen LogP contribution in [0.1, 0.15) is 25.0 Å². The molecular weight excluding hydrogens is 654 g/mol. The average Bonchev–Trinajstić information content (AvgIpc) is 3.46. The zero-order valence-electron chi connectivity index (χ0n) is 25.9. The molecule has 5 rings (SSSR count). The number of nitrogens with zero attached hydrogens (tertiary/aromatic N) is 5. The summed E-state index contributed by atoms with van der Waals surface area (Å²) in [6.07, 6.45) is -4.58. The van der Waals surface area contributed by atoms with Crippen molar-refractivity contribution in [2.75, 3.05) is 55.4 Å². The number of ether oxygens (including phenoxy) is 1. The smallest absolute Gasteiger partial charge is 0.378 e. The van der Waals surface area contributed by atoms with Crippen LogP contribution < -0.4 is 10.2 Å². The number of anilines is 2. The topological polar surface area (TPSA) is 110 Å². The third-order valence-electron chi connectivity index (χ3n) is 7.62. The number of amides is 1. The normalized spacial score (nSPS) is 14.0. The molecule has 0 radical (unpaired) electrons. The van der Waals surface area contributed by atoms with Crippen LogP contribution >= 0.6 is 11.8 Å². The molecule has 3 aromatic carbocycles. The van der Waals surface area contributed by atoms with Crippen LogP contribution in [-0.4, -0.2) is 78.5 Å². The third-order valence-corrected chi connectivity index (χ3v) is 10.6. The third kappa shape index (κ3) is 8.15. The van der Waals surface area contributed by atoms with Gasteiger partial charge in [-0.3, -0.25) is 9.36 Å². The van der Waals surface area contributed by atoms with Gasteiger partial charge < -0.3 is 15.0 Å². The Bertz CT molecular complexity index is 1790. The first-order valence-electron chi connectivity index (χ1n) is 15.1. The lowest BCUT2D eigenvalue weighted by Crippen LogP contribution is -2.37. The van der Waals surface area contributed by atoms with E-state index in [0.29, 0.717) is 68.2 Å². The Morgan fingerprint density at radius 3 is 2.38 bits per heavy atom. The molecular formula is C32H35F3N6O4S2. The van der Waals surface area contributed by atoms with E-state index < -0.39 is 27.7 Å². The summed E-state index contributed by atoms with van der Waals surface area (Å²) in [6, 6.07) is 19.3. The second-order valence-corrected chi connectivity index (χ2v) is 13.5. The summed E-state index contributed by atoms with van der Waals surface area (Å²) in [5.41, 5.74) is 1.12. The van der Waals surface area contributed by atoms with E-state index in [1.54, 1.807) is 36.6 Å². The maximum absolute atomic E-state index is 13.6. The highest BCUT2D eigenvalue weighted by Gasteiger charge is 2.32. The number of carbonyl (C=O) groups is 1. The van der Waals surface area contributed by atoms with Gasteiger partial charge >= 0.3 is 6.18 Å². The molecule has 10 nitrogen and oxygen atoms in total. The van der Waals surface area contributed by atoms with Gasteiger partial charge in [0.2, 0.25) is 15.9 Å². The number of nitrogens with one attached hydrogen (secondary N) is 1. The molecule has 47 heavy (non-hydrogen) atoms. The van der Waals surface area contributed by atoms with Crippen LogP contribution in [0, 0.1) is 0 Å². The van der Waals surface area contributed by atoms with E-state index in [9.17, 15) is 26.4 Å². The van der Waals surface area contributed by atoms with E-state index in [1.807, 2.05) is 35.2 Å². The van der Waals surface area contributed by atoms with Gasteiger partial charge in [-0.05, 0) is 35.9 Å². The maximum Gasteiger partial charge on any atom is 0.416 e. The molecule has 0 spiro atoms. The zero-order chi connectivity index (χ0) is 33.6. The molecule has 1 aromatic heterocycles. The van der Waals surface area contributed by atoms with Crippen molar-refractivity contribution in [3.05, 3.63) is 83.9 Å². The van der Waals surface area contributed by atoms with Crippen molar-refractivity contribution in [3.63, 3.8) is 0 Å². The Balaban J connectivity index is 1.42. The Morgan fingerprint density at radius 1 is 0.979 bits per heavy atom. The minimum absolute atomic E-state index is 0.0602. The molecule has 0 aliphatic carbocycles. The standard InChI is InChI=1S/C32H35F3N6O4S2/c1-3-40(4-2)47(43,44)26-12-8-11-24(19-26)30-37-38-31(41(30)21-23-9-6-5-7-10-23)46-22-29(42)36-27-20-25(32(33,34)35)13-14-28(27)39-15-17-45-18-16-39/h5-14,19-20H,3-4,15-18,21-22H2,1-2H3,(H,36,42). The average molecular weight is 689 g/mol. The maximum atomic E-state index is 13.6. The molecule has 0 saturated carbocycles. The molecule has 1 amide bonds. The lowest BCUT2D eigenvalue weighted by molar-refractivity contribution is -0.137. The van der Waals surface area contributed by atoms with Crippen molar-refractivity contribution in [1.29, 1.82) is 0 Å². The highest BCUT2D eigenvalue weighted by atomic mass is 32.2. The number of aromatic nitrogens is 3. The molecule has 1 fully saturated rings. The van der Waals surface area contributed by atoms with Gasteiger partial charge in [0.15, 0.2) is 11.0 Å². The second kappa shape index (κ2) is 14.9. The number of halogens is 3. The molecule has 1 aliphatic heterocycles. The largest absolute Gasteiger partial charge is 0.416 e. The predicted octanol–water partition coefficient (Wildman–Crippen LogP) is 5.61. The van der Waals surface area contributed by atoms with Crippen LogP contribution in [0.3, 0.4) is 0 Å². The van der Waals surface area contributed by atoms with Gasteiger partial charge in [0, 0.05) is 31.7 Å². The molecule has 1 aliphatic rings. The van der Waals surface area contributed by atoms with E-state index in [1.165, 1.54) is 16.4 Å². The van der Waals surface area contributed by atoms with Crippen molar-refractivity contribution in [2.45, 2.75) is 36.6 Å². The first-order valence-corrected chi connectivity index (χ1v) is 17.5. The van der Waals surface area contributed by atoms with Crippen molar-refractivity contribution in [1.82, 2.24) is 19.1 Å². The van der Waals surface area contributed by atoms with E-state index in [4.69, 9.17) is 4.74 Å². The van der Waals surface area contributed by atoms with E-state index >= 15 is 0 Å². The van der Waals surface area contributed by atoms with E-state index in [0.717, 1.165) is 29.5 Å². The van der Waals surface area contributed by atoms with Gasteiger partial charge in [-0.15, -0.1) is 10.2 Å². The summed E-state index contributed by atoms with van der Waals surface area (Å²) in [5, 5.41) is 11.8. The van der Waals surface area contributed by atoms with Gasteiger partial charge in [0.25, 0.3) is 0 Å². The molecule has 0 unspecified atom stereocenters. The summed E-state index contributed by atoms with van der Waals surface area (Å²) in [6.45, 7) is 6.33. The fourth-order valence-corrected chi connectivity index (χ4v) is 7.48. The SMILES string of the molecule is CCN(CC)S(=O)(=O)c1cccc(-c2nnc(SCC(=O)Nc3cc(C(F)(F)F)ccc3N3CCOCC3)n2Cc2ccccc2)c1. The first kappa shape index (κ1) is 34.4. The lowest BCUT2D eigenvalue weighted by atomic mass is 10.1. The van der Waals surface area contributed by atoms with Gasteiger partial charge in [-0.1, -0.05) is 68.1 Å². The van der Waals surface area contributed by atoms with Crippen LogP contribution in [0.2, 0.25) is 0 Å². The van der Waals surface area contributed by atoms with Crippen molar-refractivity contribution in [2.24, 2.45) is 0 Å². The number of alkyl halides is 3. The van der Waals surface area contributed by atoms with Crippen molar-refractivity contribution >= 4 is 39.1 Å². The van der Waals surface area contributed by atoms with Gasteiger partial charge in [-0.25, -0.2) is 8.42 Å². The molecule has 0 bridgehead atoms. The van der Waals surface area contributed by atoms with Crippen LogP contribution in [0.25, 0.3) is 11.4 Å². The summed E-state index contributed by atoms with van der Waals surface area (Å²) >= 11 is 1.08. The molecule has 2 heterocycles. The molecule has 15 heteroatoms. The van der Waals surface area contributed by atoms with Crippen molar-refractivity contribution < 1.29 is 31.1 Å². The number of hydrogen-bond acceptors (Lipinski definition) is 8. The van der Waals surface area contributed by atoms with E-state index in [2.05, 4.69) is 15.5 Å². The summed E-state index contributed by atoms with van der Waals surface area (Å²) in [7, 11) is -3.74.